The zero-order valence-electron chi connectivity index (χ0n) is 32.9. The molecule has 59 heavy (non-hydrogen) atoms. The van der Waals surface area contributed by atoms with E-state index in [0.29, 0.717) is 35.9 Å². The van der Waals surface area contributed by atoms with Crippen molar-refractivity contribution in [2.75, 3.05) is 30.1 Å². The van der Waals surface area contributed by atoms with Crippen LogP contribution < -0.4 is 9.80 Å². The molecule has 2 aliphatic rings. The molecule has 0 spiro atoms. The number of aliphatic hydroxyl groups excluding tert-OH is 1. The molecule has 18 heteroatoms. The summed E-state index contributed by atoms with van der Waals surface area (Å²) in [6.07, 6.45) is -8.19. The van der Waals surface area contributed by atoms with Crippen molar-refractivity contribution in [3.8, 4) is 0 Å². The number of ketones is 2. The van der Waals surface area contributed by atoms with E-state index in [1.54, 1.807) is 33.1 Å². The van der Waals surface area contributed by atoms with Crippen molar-refractivity contribution in [3.05, 3.63) is 94.7 Å². The Morgan fingerprint density at radius 2 is 1.07 bits per heavy atom. The second-order valence-corrected chi connectivity index (χ2v) is 15.7. The van der Waals surface area contributed by atoms with Gasteiger partial charge in [0.25, 0.3) is 0 Å². The monoisotopic (exact) mass is 834 g/mol. The number of ether oxygens (including phenoxy) is 1. The Kier molecular flexibility index (Phi) is 13.2. The second kappa shape index (κ2) is 17.5. The van der Waals surface area contributed by atoms with Crippen LogP contribution >= 0.6 is 0 Å². The predicted molar refractivity (Wildman–Crippen MR) is 199 cm³/mol. The van der Waals surface area contributed by atoms with Crippen molar-refractivity contribution < 1.29 is 64.4 Å². The Labute approximate surface area is 335 Å². The molecule has 2 saturated heterocycles. The number of alkyl halides is 6. The molecule has 2 atom stereocenters. The van der Waals surface area contributed by atoms with Gasteiger partial charge in [0.05, 0.1) is 60.7 Å². The summed E-state index contributed by atoms with van der Waals surface area (Å²) in [5, 5.41) is 17.2. The van der Waals surface area contributed by atoms with Gasteiger partial charge in [0.1, 0.15) is 11.5 Å². The Hall–Kier alpha value is -5.36. The molecule has 318 valence electrons. The zero-order valence-corrected chi connectivity index (χ0v) is 32.9. The van der Waals surface area contributed by atoms with Gasteiger partial charge >= 0.3 is 12.4 Å². The number of Topliss-reactive ketones (excluding diaryl/α,β-unsaturated/α-hetero) is 2. The summed E-state index contributed by atoms with van der Waals surface area (Å²) < 4.78 is 92.4. The molecule has 1 unspecified atom stereocenters. The lowest BCUT2D eigenvalue weighted by molar-refractivity contribution is -0.138. The number of halogens is 6. The van der Waals surface area contributed by atoms with Crippen LogP contribution in [0.2, 0.25) is 0 Å². The standard InChI is InChI=1S/C21H23F3N2O4.C20H21F3N2O4/c1-20(2,12-29-3)18-11-14(25-30-18)10-17(27)16-8-9-19(28)26(16)15-6-4-13(5-7-15)21(22,23)24;1-19(2,11-26)17-10-13(24-29-17)9-16(27)15-7-8-18(28)25(15)14-5-3-12(4-6-14)20(21,22)23/h4-7,11,16H,8-10,12H2,1-3H3;3-6,10,15,26H,7-9,11H2,1-2H3/t;15-/m.0/s1. The van der Waals surface area contributed by atoms with Crippen molar-refractivity contribution in [1.82, 2.24) is 10.3 Å². The summed E-state index contributed by atoms with van der Waals surface area (Å²) >= 11 is 0. The second-order valence-electron chi connectivity index (χ2n) is 15.7. The van der Waals surface area contributed by atoms with Gasteiger partial charge in [-0.15, -0.1) is 0 Å². The lowest BCUT2D eigenvalue weighted by Gasteiger charge is -2.24. The van der Waals surface area contributed by atoms with Crippen LogP contribution in [0.5, 0.6) is 0 Å². The minimum Gasteiger partial charge on any atom is -0.395 e. The number of carbonyl (C=O) groups excluding carboxylic acids is 4. The van der Waals surface area contributed by atoms with Gasteiger partial charge in [-0.1, -0.05) is 38.0 Å². The number of aliphatic hydroxyl groups is 1. The third-order valence-corrected chi connectivity index (χ3v) is 10.2. The topological polar surface area (TPSA) is 156 Å². The average molecular weight is 835 g/mol. The van der Waals surface area contributed by atoms with Gasteiger partial charge in [0.2, 0.25) is 11.8 Å². The Balaban J connectivity index is 0.000000224. The van der Waals surface area contributed by atoms with Crippen molar-refractivity contribution in [1.29, 1.82) is 0 Å². The molecule has 0 aliphatic carbocycles. The van der Waals surface area contributed by atoms with Crippen molar-refractivity contribution in [3.63, 3.8) is 0 Å². The van der Waals surface area contributed by atoms with E-state index in [2.05, 4.69) is 10.3 Å². The number of anilines is 2. The van der Waals surface area contributed by atoms with Crippen molar-refractivity contribution in [2.45, 2.75) is 101 Å². The maximum atomic E-state index is 12.9. The number of benzene rings is 2. The number of amides is 2. The molecular weight excluding hydrogens is 790 g/mol. The molecule has 4 heterocycles. The molecule has 6 rings (SSSR count). The van der Waals surface area contributed by atoms with Crippen LogP contribution in [0.3, 0.4) is 0 Å². The molecule has 0 saturated carbocycles. The van der Waals surface area contributed by atoms with Crippen LogP contribution in [0.15, 0.2) is 69.7 Å². The minimum atomic E-state index is -4.48. The number of hydrogen-bond acceptors (Lipinski definition) is 10. The maximum absolute atomic E-state index is 12.9. The molecule has 12 nitrogen and oxygen atoms in total. The van der Waals surface area contributed by atoms with Crippen LogP contribution in [0.4, 0.5) is 37.7 Å². The fourth-order valence-corrected chi connectivity index (χ4v) is 6.78. The normalized spacial score (nSPS) is 17.7. The van der Waals surface area contributed by atoms with E-state index in [1.807, 2.05) is 13.8 Å². The van der Waals surface area contributed by atoms with E-state index in [4.69, 9.17) is 13.8 Å². The summed E-state index contributed by atoms with van der Waals surface area (Å²) in [6.45, 7) is 7.63. The highest BCUT2D eigenvalue weighted by atomic mass is 19.4. The Morgan fingerprint density at radius 1 is 0.695 bits per heavy atom. The molecular formula is C41H44F6N4O8. The quantitative estimate of drug-likeness (QED) is 0.137. The molecule has 2 aliphatic heterocycles. The molecule has 1 N–H and O–H groups in total. The van der Waals surface area contributed by atoms with Crippen molar-refractivity contribution in [2.24, 2.45) is 0 Å². The van der Waals surface area contributed by atoms with Crippen LogP contribution in [0.1, 0.15) is 87.4 Å². The number of carbonyl (C=O) groups is 4. The molecule has 0 radical (unpaired) electrons. The summed E-state index contributed by atoms with van der Waals surface area (Å²) in [6, 6.07) is 10.2. The molecule has 2 aromatic heterocycles. The van der Waals surface area contributed by atoms with Gasteiger partial charge in [0, 0.05) is 54.3 Å². The van der Waals surface area contributed by atoms with E-state index in [-0.39, 0.29) is 73.5 Å². The van der Waals surface area contributed by atoms with Crippen LogP contribution in [0.25, 0.3) is 0 Å². The first-order chi connectivity index (χ1) is 27.6. The molecule has 2 fully saturated rings. The Bertz CT molecular complexity index is 2120. The lowest BCUT2D eigenvalue weighted by Crippen LogP contribution is -2.39. The number of rotatable bonds is 13. The van der Waals surface area contributed by atoms with Crippen molar-refractivity contribution >= 4 is 34.8 Å². The SMILES string of the molecule is CC(C)(CO)c1cc(CC(=O)[C@@H]2CCC(=O)N2c2ccc(C(F)(F)F)cc2)no1.COCC(C)(C)c1cc(CC(=O)C2CCC(=O)N2c2ccc(C(F)(F)F)cc2)no1. The van der Waals surface area contributed by atoms with E-state index in [9.17, 15) is 50.6 Å². The van der Waals surface area contributed by atoms with Gasteiger partial charge in [-0.3, -0.25) is 19.2 Å². The largest absolute Gasteiger partial charge is 0.416 e. The Morgan fingerprint density at radius 3 is 1.41 bits per heavy atom. The summed E-state index contributed by atoms with van der Waals surface area (Å²) in [4.78, 5) is 52.8. The van der Waals surface area contributed by atoms with E-state index in [1.165, 1.54) is 34.1 Å². The number of nitrogens with zero attached hydrogens (tertiary/aromatic N) is 4. The highest BCUT2D eigenvalue weighted by Crippen LogP contribution is 2.35. The molecule has 4 aromatic rings. The number of hydrogen-bond donors (Lipinski definition) is 1. The van der Waals surface area contributed by atoms with Gasteiger partial charge < -0.3 is 28.7 Å². The maximum Gasteiger partial charge on any atom is 0.416 e. The van der Waals surface area contributed by atoms with Crippen LogP contribution in [0, 0.1) is 0 Å². The third-order valence-electron chi connectivity index (χ3n) is 10.2. The molecule has 0 bridgehead atoms. The fraction of sp³-hybridized carbons (Fsp3) is 0.463. The van der Waals surface area contributed by atoms with Gasteiger partial charge in [-0.25, -0.2) is 0 Å². The smallest absolute Gasteiger partial charge is 0.395 e. The summed E-state index contributed by atoms with van der Waals surface area (Å²) in [5.74, 6) is -0.123. The van der Waals surface area contributed by atoms with Gasteiger partial charge in [-0.2, -0.15) is 26.3 Å². The average Bonchev–Trinajstić information content (AvgIpc) is 3.99. The number of aromatic nitrogens is 2. The first kappa shape index (κ1) is 44.7. The minimum absolute atomic E-state index is 0.0400. The van der Waals surface area contributed by atoms with Gasteiger partial charge in [0.15, 0.2) is 11.6 Å². The fourth-order valence-electron chi connectivity index (χ4n) is 6.78. The van der Waals surface area contributed by atoms with E-state index < -0.39 is 46.4 Å². The first-order valence-electron chi connectivity index (χ1n) is 18.6. The third kappa shape index (κ3) is 10.5. The highest BCUT2D eigenvalue weighted by Gasteiger charge is 2.40. The molecule has 2 amide bonds. The predicted octanol–water partition coefficient (Wildman–Crippen LogP) is 7.20. The summed E-state index contributed by atoms with van der Waals surface area (Å²) in [7, 11) is 1.58. The van der Waals surface area contributed by atoms with Crippen LogP contribution in [-0.2, 0) is 59.9 Å². The lowest BCUT2D eigenvalue weighted by atomic mass is 9.91. The number of methoxy groups -OCH3 is 1. The van der Waals surface area contributed by atoms with Gasteiger partial charge in [-0.05, 0) is 61.4 Å². The van der Waals surface area contributed by atoms with E-state index in [0.717, 1.165) is 24.3 Å². The van der Waals surface area contributed by atoms with E-state index >= 15 is 0 Å². The zero-order chi connectivity index (χ0) is 43.5. The summed E-state index contributed by atoms with van der Waals surface area (Å²) in [5.41, 5.74) is -1.37. The highest BCUT2D eigenvalue weighted by molar-refractivity contribution is 6.05. The van der Waals surface area contributed by atoms with Crippen LogP contribution in [-0.4, -0.2) is 71.2 Å². The molecule has 2 aromatic carbocycles. The first-order valence-corrected chi connectivity index (χ1v) is 18.6.